The molecule has 1 atom stereocenters. The van der Waals surface area contributed by atoms with E-state index in [-0.39, 0.29) is 24.5 Å². The molecule has 0 radical (unpaired) electrons. The number of amides is 2. The van der Waals surface area contributed by atoms with Crippen molar-refractivity contribution in [1.82, 2.24) is 10.6 Å². The largest absolute Gasteiger partial charge is 0.463 e. The molecule has 1 aliphatic heterocycles. The van der Waals surface area contributed by atoms with Gasteiger partial charge in [-0.1, -0.05) is 12.1 Å². The predicted octanol–water partition coefficient (Wildman–Crippen LogP) is 2.84. The smallest absolute Gasteiger partial charge is 0.348 e. The quantitative estimate of drug-likeness (QED) is 0.738. The van der Waals surface area contributed by atoms with Crippen molar-refractivity contribution in [3.05, 3.63) is 56.1 Å². The lowest BCUT2D eigenvalue weighted by molar-refractivity contribution is -0.139. The van der Waals surface area contributed by atoms with E-state index in [1.807, 2.05) is 17.5 Å². The summed E-state index contributed by atoms with van der Waals surface area (Å²) in [5.74, 6) is -1.09. The molecule has 2 amide bonds. The highest BCUT2D eigenvalue weighted by Gasteiger charge is 2.34. The number of rotatable bonds is 6. The predicted molar refractivity (Wildman–Crippen MR) is 97.0 cm³/mol. The minimum Gasteiger partial charge on any atom is -0.463 e. The Hall–Kier alpha value is -2.65. The van der Waals surface area contributed by atoms with E-state index in [1.165, 1.54) is 22.7 Å². The van der Waals surface area contributed by atoms with Crippen LogP contribution in [0, 0.1) is 0 Å². The van der Waals surface area contributed by atoms with E-state index in [0.717, 1.165) is 4.88 Å². The lowest BCUT2D eigenvalue weighted by atomic mass is 10.0. The molecule has 2 aromatic rings. The Morgan fingerprint density at radius 2 is 1.88 bits per heavy atom. The van der Waals surface area contributed by atoms with Crippen LogP contribution in [-0.4, -0.2) is 31.2 Å². The monoisotopic (exact) mass is 392 g/mol. The molecule has 9 heteroatoms. The number of carbonyl (C=O) groups excluding carboxylic acids is 3. The molecule has 136 valence electrons. The summed E-state index contributed by atoms with van der Waals surface area (Å²) in [4.78, 5) is 37.8. The number of nitrogens with one attached hydrogen (secondary N) is 2. The average Bonchev–Trinajstić information content (AvgIpc) is 3.32. The first-order valence-electron chi connectivity index (χ1n) is 7.81. The molecule has 1 unspecified atom stereocenters. The van der Waals surface area contributed by atoms with Gasteiger partial charge in [-0.2, -0.15) is 0 Å². The number of hydrogen-bond donors (Lipinski definition) is 2. The van der Waals surface area contributed by atoms with Crippen molar-refractivity contribution in [2.45, 2.75) is 13.0 Å². The van der Waals surface area contributed by atoms with E-state index >= 15 is 0 Å². The van der Waals surface area contributed by atoms with E-state index in [2.05, 4.69) is 10.6 Å². The topological polar surface area (TPSA) is 93.7 Å². The molecule has 0 aliphatic carbocycles. The highest BCUT2D eigenvalue weighted by molar-refractivity contribution is 7.12. The van der Waals surface area contributed by atoms with Gasteiger partial charge >= 0.3 is 18.0 Å². The number of urea groups is 1. The second kappa shape index (κ2) is 8.15. The van der Waals surface area contributed by atoms with Crippen LogP contribution in [0.4, 0.5) is 4.79 Å². The van der Waals surface area contributed by atoms with Gasteiger partial charge in [0, 0.05) is 4.88 Å². The Labute approximate surface area is 157 Å². The molecule has 7 nitrogen and oxygen atoms in total. The first-order chi connectivity index (χ1) is 12.6. The lowest BCUT2D eigenvalue weighted by Crippen LogP contribution is -2.46. The fourth-order valence-corrected chi connectivity index (χ4v) is 3.85. The third kappa shape index (κ3) is 3.94. The van der Waals surface area contributed by atoms with Crippen molar-refractivity contribution in [3.63, 3.8) is 0 Å². The Morgan fingerprint density at radius 1 is 1.12 bits per heavy atom. The summed E-state index contributed by atoms with van der Waals surface area (Å²) in [5, 5.41) is 8.89. The van der Waals surface area contributed by atoms with Gasteiger partial charge in [-0.05, 0) is 29.8 Å². The van der Waals surface area contributed by atoms with E-state index in [0.29, 0.717) is 4.88 Å². The van der Waals surface area contributed by atoms with Crippen molar-refractivity contribution in [3.8, 4) is 0 Å². The Morgan fingerprint density at radius 3 is 2.54 bits per heavy atom. The zero-order valence-corrected chi connectivity index (χ0v) is 15.4. The molecular weight excluding hydrogens is 376 g/mol. The van der Waals surface area contributed by atoms with Crippen molar-refractivity contribution in [1.29, 1.82) is 0 Å². The number of hydrogen-bond acceptors (Lipinski definition) is 7. The van der Waals surface area contributed by atoms with Gasteiger partial charge in [-0.15, -0.1) is 22.7 Å². The summed E-state index contributed by atoms with van der Waals surface area (Å²) >= 11 is 2.66. The lowest BCUT2D eigenvalue weighted by Gasteiger charge is -2.28. The fourth-order valence-electron chi connectivity index (χ4n) is 2.45. The van der Waals surface area contributed by atoms with E-state index in [9.17, 15) is 14.4 Å². The van der Waals surface area contributed by atoms with Crippen molar-refractivity contribution >= 4 is 40.6 Å². The van der Waals surface area contributed by atoms with Gasteiger partial charge in [0.05, 0.1) is 23.9 Å². The Bertz CT molecular complexity index is 827. The molecule has 0 bridgehead atoms. The van der Waals surface area contributed by atoms with Crippen molar-refractivity contribution in [2.24, 2.45) is 0 Å². The normalized spacial score (nSPS) is 16.7. The molecule has 0 saturated carbocycles. The van der Waals surface area contributed by atoms with E-state index < -0.39 is 24.0 Å². The number of carbonyl (C=O) groups is 3. The molecule has 1 aliphatic rings. The minimum absolute atomic E-state index is 0.190. The fraction of sp³-hybridized carbons (Fsp3) is 0.235. The second-order valence-electron chi connectivity index (χ2n) is 5.21. The average molecular weight is 392 g/mol. The van der Waals surface area contributed by atoms with Gasteiger partial charge in [0.25, 0.3) is 0 Å². The summed E-state index contributed by atoms with van der Waals surface area (Å²) < 4.78 is 10.4. The molecule has 0 saturated heterocycles. The first-order valence-corrected chi connectivity index (χ1v) is 9.57. The maximum absolute atomic E-state index is 12.5. The van der Waals surface area contributed by atoms with Gasteiger partial charge in [0.1, 0.15) is 11.5 Å². The maximum Gasteiger partial charge on any atom is 0.348 e. The van der Waals surface area contributed by atoms with Gasteiger partial charge < -0.3 is 20.1 Å². The zero-order chi connectivity index (χ0) is 18.5. The molecule has 2 N–H and O–H groups in total. The van der Waals surface area contributed by atoms with Crippen molar-refractivity contribution in [2.75, 3.05) is 13.2 Å². The third-order valence-corrected chi connectivity index (χ3v) is 5.33. The van der Waals surface area contributed by atoms with Crippen LogP contribution in [0.3, 0.4) is 0 Å². The molecule has 26 heavy (non-hydrogen) atoms. The van der Waals surface area contributed by atoms with Gasteiger partial charge in [-0.25, -0.2) is 14.4 Å². The summed E-state index contributed by atoms with van der Waals surface area (Å²) in [7, 11) is 0. The van der Waals surface area contributed by atoms with Crippen molar-refractivity contribution < 1.29 is 23.9 Å². The van der Waals surface area contributed by atoms with Crippen LogP contribution in [0.1, 0.15) is 27.5 Å². The van der Waals surface area contributed by atoms with Crippen LogP contribution < -0.4 is 10.6 Å². The Balaban J connectivity index is 1.89. The maximum atomic E-state index is 12.5. The van der Waals surface area contributed by atoms with E-state index in [1.54, 1.807) is 24.4 Å². The summed E-state index contributed by atoms with van der Waals surface area (Å²) in [6.45, 7) is 1.65. The number of esters is 2. The molecule has 0 fully saturated rings. The Kier molecular flexibility index (Phi) is 5.69. The summed E-state index contributed by atoms with van der Waals surface area (Å²) in [6, 6.07) is 5.90. The highest BCUT2D eigenvalue weighted by atomic mass is 32.1. The SMILES string of the molecule is CCOC(=O)C1=C(COC(=O)c2cccs2)NC(=O)NC1c1cccs1. The summed E-state index contributed by atoms with van der Waals surface area (Å²) in [5.41, 5.74) is 0.448. The second-order valence-corrected chi connectivity index (χ2v) is 7.14. The molecule has 2 aromatic heterocycles. The van der Waals surface area contributed by atoms with E-state index in [4.69, 9.17) is 9.47 Å². The number of ether oxygens (including phenoxy) is 2. The molecular formula is C17H16N2O5S2. The van der Waals surface area contributed by atoms with Gasteiger partial charge in [0.15, 0.2) is 0 Å². The molecule has 3 heterocycles. The molecule has 0 aromatic carbocycles. The molecule has 0 spiro atoms. The first kappa shape index (κ1) is 18.2. The van der Waals surface area contributed by atoms with Crippen LogP contribution in [0.25, 0.3) is 0 Å². The third-order valence-electron chi connectivity index (χ3n) is 3.55. The number of thiophene rings is 2. The van der Waals surface area contributed by atoms with Crippen LogP contribution in [0.15, 0.2) is 46.3 Å². The van der Waals surface area contributed by atoms with Crippen LogP contribution in [0.2, 0.25) is 0 Å². The standard InChI is InChI=1S/C17H16N2O5S2/c1-2-23-16(21)13-10(9-24-15(20)12-6-4-8-26-12)18-17(22)19-14(13)11-5-3-7-25-11/h3-8,14H,2,9H2,1H3,(H2,18,19,22). The van der Waals surface area contributed by atoms with Crippen LogP contribution in [0.5, 0.6) is 0 Å². The van der Waals surface area contributed by atoms with Gasteiger partial charge in [0.2, 0.25) is 0 Å². The van der Waals surface area contributed by atoms with Crippen LogP contribution in [-0.2, 0) is 14.3 Å². The summed E-state index contributed by atoms with van der Waals surface area (Å²) in [6.07, 6.45) is 0. The minimum atomic E-state index is -0.654. The molecule has 3 rings (SSSR count). The van der Waals surface area contributed by atoms with Crippen LogP contribution >= 0.6 is 22.7 Å². The van der Waals surface area contributed by atoms with Gasteiger partial charge in [-0.3, -0.25) is 0 Å². The zero-order valence-electron chi connectivity index (χ0n) is 13.8. The highest BCUT2D eigenvalue weighted by Crippen LogP contribution is 2.30.